The molecule has 0 aliphatic heterocycles. The van der Waals surface area contributed by atoms with Crippen LogP contribution in [0.1, 0.15) is 5.56 Å². The van der Waals surface area contributed by atoms with Crippen molar-refractivity contribution >= 4 is 44.7 Å². The summed E-state index contributed by atoms with van der Waals surface area (Å²) in [6.07, 6.45) is 0. The Hall–Kier alpha value is -2.63. The van der Waals surface area contributed by atoms with Gasteiger partial charge in [0.15, 0.2) is 0 Å². The van der Waals surface area contributed by atoms with Crippen LogP contribution in [-0.2, 0) is 0 Å². The Morgan fingerprint density at radius 3 is 2.60 bits per heavy atom. The number of anilines is 2. The molecule has 4 nitrogen and oxygen atoms in total. The van der Waals surface area contributed by atoms with Crippen molar-refractivity contribution in [3.8, 4) is 16.2 Å². The molecule has 0 fully saturated rings. The summed E-state index contributed by atoms with van der Waals surface area (Å²) >= 11 is 7.70. The number of phenolic OH excluding ortho intramolecular Hbond substituents is 1. The van der Waals surface area contributed by atoms with E-state index in [4.69, 9.17) is 11.6 Å². The number of aromatic hydroxyl groups is 1. The molecule has 2 aromatic heterocycles. The largest absolute Gasteiger partial charge is 0.508 e. The molecule has 0 bridgehead atoms. The third-order valence-electron chi connectivity index (χ3n) is 3.89. The van der Waals surface area contributed by atoms with Crippen LogP contribution in [0, 0.1) is 6.92 Å². The van der Waals surface area contributed by atoms with Crippen LogP contribution in [0.5, 0.6) is 5.75 Å². The summed E-state index contributed by atoms with van der Waals surface area (Å²) in [6.45, 7) is 1.92. The zero-order valence-electron chi connectivity index (χ0n) is 13.3. The second-order valence-corrected chi connectivity index (χ2v) is 7.03. The first kappa shape index (κ1) is 15.9. The first-order chi connectivity index (χ1) is 12.1. The number of phenols is 1. The van der Waals surface area contributed by atoms with E-state index in [-0.39, 0.29) is 11.0 Å². The smallest absolute Gasteiger partial charge is 0.225 e. The van der Waals surface area contributed by atoms with Gasteiger partial charge in [-0.2, -0.15) is 4.98 Å². The second-order valence-electron chi connectivity index (χ2n) is 5.66. The quantitative estimate of drug-likeness (QED) is 0.356. The number of fused-ring (bicyclic) bond motifs is 1. The van der Waals surface area contributed by atoms with E-state index in [1.54, 1.807) is 23.5 Å². The van der Waals surface area contributed by atoms with E-state index in [2.05, 4.69) is 33.5 Å². The molecule has 0 radical (unpaired) electrons. The predicted octanol–water partition coefficient (Wildman–Crippen LogP) is 5.77. The average molecular weight is 368 g/mol. The molecule has 0 amide bonds. The Balaban J connectivity index is 1.82. The molecular formula is C19H14ClN3OS. The number of halogens is 1. The van der Waals surface area contributed by atoms with Gasteiger partial charge in [-0.05, 0) is 53.9 Å². The third kappa shape index (κ3) is 3.16. The van der Waals surface area contributed by atoms with Crippen molar-refractivity contribution in [3.63, 3.8) is 0 Å². The second kappa shape index (κ2) is 6.35. The Morgan fingerprint density at radius 2 is 1.84 bits per heavy atom. The fraction of sp³-hybridized carbons (Fsp3) is 0.0526. The topological polar surface area (TPSA) is 58.0 Å². The van der Waals surface area contributed by atoms with Crippen molar-refractivity contribution in [2.45, 2.75) is 6.92 Å². The number of nitrogens with one attached hydrogen (secondary N) is 1. The lowest BCUT2D eigenvalue weighted by Gasteiger charge is -2.10. The normalized spacial score (nSPS) is 11.0. The van der Waals surface area contributed by atoms with Crippen molar-refractivity contribution in [2.75, 3.05) is 5.32 Å². The Bertz CT molecular complexity index is 1060. The number of thiophene rings is 1. The number of nitrogens with zero attached hydrogens (tertiary/aromatic N) is 2. The molecule has 124 valence electrons. The molecule has 0 saturated heterocycles. The molecule has 0 unspecified atom stereocenters. The maximum absolute atomic E-state index is 9.58. The Labute approximate surface area is 153 Å². The van der Waals surface area contributed by atoms with Crippen LogP contribution in [0.4, 0.5) is 11.5 Å². The molecule has 4 aromatic rings. The monoisotopic (exact) mass is 367 g/mol. The Morgan fingerprint density at radius 1 is 1.04 bits per heavy atom. The first-order valence-corrected chi connectivity index (χ1v) is 8.89. The number of aryl methyl sites for hydroxylation is 1. The van der Waals surface area contributed by atoms with Gasteiger partial charge in [-0.25, -0.2) is 4.98 Å². The molecule has 2 aromatic carbocycles. The number of hydrogen-bond acceptors (Lipinski definition) is 5. The molecule has 0 atom stereocenters. The standard InChI is InChI=1S/C19H14ClN3OS/c1-11-9-13(24)7-8-15(11)21-17-14-10-16(12-5-3-2-4-6-12)25-18(14)23-19(20)22-17/h2-10,24H,1H3,(H,21,22,23). The summed E-state index contributed by atoms with van der Waals surface area (Å²) in [5.41, 5.74) is 2.91. The van der Waals surface area contributed by atoms with Gasteiger partial charge in [0.1, 0.15) is 16.4 Å². The zero-order valence-corrected chi connectivity index (χ0v) is 14.9. The van der Waals surface area contributed by atoms with E-state index in [1.165, 1.54) is 0 Å². The fourth-order valence-electron chi connectivity index (χ4n) is 2.65. The molecule has 0 aliphatic rings. The molecule has 0 spiro atoms. The van der Waals surface area contributed by atoms with E-state index in [0.717, 1.165) is 31.9 Å². The van der Waals surface area contributed by atoms with Gasteiger partial charge in [0, 0.05) is 10.6 Å². The van der Waals surface area contributed by atoms with E-state index in [9.17, 15) is 5.11 Å². The molecule has 2 heterocycles. The van der Waals surface area contributed by atoms with Gasteiger partial charge in [-0.3, -0.25) is 0 Å². The maximum Gasteiger partial charge on any atom is 0.225 e. The molecule has 2 N–H and O–H groups in total. The molecule has 25 heavy (non-hydrogen) atoms. The lowest BCUT2D eigenvalue weighted by molar-refractivity contribution is 0.475. The van der Waals surface area contributed by atoms with Crippen LogP contribution >= 0.6 is 22.9 Å². The lowest BCUT2D eigenvalue weighted by atomic mass is 10.1. The van der Waals surface area contributed by atoms with Gasteiger partial charge in [-0.1, -0.05) is 30.3 Å². The maximum atomic E-state index is 9.58. The van der Waals surface area contributed by atoms with E-state index in [1.807, 2.05) is 31.2 Å². The third-order valence-corrected chi connectivity index (χ3v) is 5.13. The summed E-state index contributed by atoms with van der Waals surface area (Å²) in [4.78, 5) is 10.6. The summed E-state index contributed by atoms with van der Waals surface area (Å²) in [6, 6.07) is 17.4. The van der Waals surface area contributed by atoms with Gasteiger partial charge < -0.3 is 10.4 Å². The van der Waals surface area contributed by atoms with E-state index < -0.39 is 0 Å². The summed E-state index contributed by atoms with van der Waals surface area (Å²) < 4.78 is 0. The fourth-order valence-corrected chi connectivity index (χ4v) is 3.91. The van der Waals surface area contributed by atoms with Gasteiger partial charge in [0.2, 0.25) is 5.28 Å². The zero-order chi connectivity index (χ0) is 17.4. The van der Waals surface area contributed by atoms with Crippen molar-refractivity contribution in [1.29, 1.82) is 0 Å². The minimum absolute atomic E-state index is 0.202. The Kier molecular flexibility index (Phi) is 4.03. The highest BCUT2D eigenvalue weighted by atomic mass is 35.5. The highest BCUT2D eigenvalue weighted by Crippen LogP contribution is 2.37. The summed E-state index contributed by atoms with van der Waals surface area (Å²) in [5, 5.41) is 14.0. The van der Waals surface area contributed by atoms with E-state index in [0.29, 0.717) is 5.82 Å². The van der Waals surface area contributed by atoms with Crippen LogP contribution in [0.15, 0.2) is 54.6 Å². The predicted molar refractivity (Wildman–Crippen MR) is 104 cm³/mol. The first-order valence-electron chi connectivity index (χ1n) is 7.69. The minimum Gasteiger partial charge on any atom is -0.508 e. The summed E-state index contributed by atoms with van der Waals surface area (Å²) in [5.74, 6) is 0.887. The molecule has 0 saturated carbocycles. The van der Waals surface area contributed by atoms with Crippen LogP contribution in [-0.4, -0.2) is 15.1 Å². The van der Waals surface area contributed by atoms with Crippen molar-refractivity contribution < 1.29 is 5.11 Å². The minimum atomic E-state index is 0.202. The van der Waals surface area contributed by atoms with Gasteiger partial charge in [0.05, 0.1) is 5.39 Å². The van der Waals surface area contributed by atoms with Crippen LogP contribution in [0.2, 0.25) is 5.28 Å². The molecular weight excluding hydrogens is 354 g/mol. The van der Waals surface area contributed by atoms with E-state index >= 15 is 0 Å². The van der Waals surface area contributed by atoms with Gasteiger partial charge in [-0.15, -0.1) is 11.3 Å². The lowest BCUT2D eigenvalue weighted by Crippen LogP contribution is -1.97. The van der Waals surface area contributed by atoms with Crippen LogP contribution in [0.25, 0.3) is 20.7 Å². The highest BCUT2D eigenvalue weighted by Gasteiger charge is 2.13. The number of hydrogen-bond donors (Lipinski definition) is 2. The van der Waals surface area contributed by atoms with Gasteiger partial charge >= 0.3 is 0 Å². The van der Waals surface area contributed by atoms with Crippen molar-refractivity contribution in [2.24, 2.45) is 0 Å². The average Bonchev–Trinajstić information content (AvgIpc) is 3.02. The number of rotatable bonds is 3. The summed E-state index contributed by atoms with van der Waals surface area (Å²) in [7, 11) is 0. The van der Waals surface area contributed by atoms with Crippen molar-refractivity contribution in [3.05, 3.63) is 65.4 Å². The molecule has 6 heteroatoms. The van der Waals surface area contributed by atoms with Crippen LogP contribution in [0.3, 0.4) is 0 Å². The molecule has 4 rings (SSSR count). The van der Waals surface area contributed by atoms with Gasteiger partial charge in [0.25, 0.3) is 0 Å². The highest BCUT2D eigenvalue weighted by molar-refractivity contribution is 7.22. The SMILES string of the molecule is Cc1cc(O)ccc1Nc1nc(Cl)nc2sc(-c3ccccc3)cc12. The van der Waals surface area contributed by atoms with Crippen LogP contribution < -0.4 is 5.32 Å². The molecule has 0 aliphatic carbocycles. The number of aromatic nitrogens is 2. The van der Waals surface area contributed by atoms with Crippen molar-refractivity contribution in [1.82, 2.24) is 9.97 Å². The number of benzene rings is 2.